The van der Waals surface area contributed by atoms with Gasteiger partial charge in [-0.15, -0.1) is 10.2 Å². The molecule has 0 aliphatic carbocycles. The van der Waals surface area contributed by atoms with E-state index in [2.05, 4.69) is 15.2 Å². The Balaban J connectivity index is 1.36. The molecular formula is C32H24N4O4S2. The molecule has 2 aromatic heterocycles. The smallest absolute Gasteiger partial charge is 0.301 e. The molecule has 1 unspecified atom stereocenters. The standard InChI is InChI=1S/C32H24N4O4S2/c37-28(23-14-16-33-17-15-23)26-27(24-12-7-13-25(18-24)40-19-21-8-3-1-4-9-21)36(30(39)29(26)38)31-34-35-32(42-31)41-20-22-10-5-2-6-11-22/h1-18,27,37H,19-20H2. The van der Waals surface area contributed by atoms with E-state index < -0.39 is 17.7 Å². The fourth-order valence-electron chi connectivity index (χ4n) is 4.60. The normalized spacial score (nSPS) is 16.1. The number of benzene rings is 3. The third-order valence-corrected chi connectivity index (χ3v) is 8.75. The summed E-state index contributed by atoms with van der Waals surface area (Å²) >= 11 is 2.72. The second kappa shape index (κ2) is 12.4. The van der Waals surface area contributed by atoms with Gasteiger partial charge in [0.1, 0.15) is 18.1 Å². The summed E-state index contributed by atoms with van der Waals surface area (Å²) in [6, 6.07) is 29.1. The van der Waals surface area contributed by atoms with Crippen molar-refractivity contribution in [3.63, 3.8) is 0 Å². The van der Waals surface area contributed by atoms with Crippen molar-refractivity contribution in [1.29, 1.82) is 0 Å². The molecule has 42 heavy (non-hydrogen) atoms. The molecule has 0 bridgehead atoms. The monoisotopic (exact) mass is 592 g/mol. The number of thioether (sulfide) groups is 1. The summed E-state index contributed by atoms with van der Waals surface area (Å²) in [7, 11) is 0. The van der Waals surface area contributed by atoms with Crippen molar-refractivity contribution < 1.29 is 19.4 Å². The number of Topliss-reactive ketones (excluding diaryl/α,β-unsaturated/α-hetero) is 1. The van der Waals surface area contributed by atoms with Crippen LogP contribution >= 0.6 is 23.1 Å². The van der Waals surface area contributed by atoms with Crippen LogP contribution in [0.2, 0.25) is 0 Å². The first kappa shape index (κ1) is 27.4. The van der Waals surface area contributed by atoms with Gasteiger partial charge in [-0.1, -0.05) is 95.9 Å². The summed E-state index contributed by atoms with van der Waals surface area (Å²) in [4.78, 5) is 32.3. The molecule has 1 fully saturated rings. The lowest BCUT2D eigenvalue weighted by Gasteiger charge is -2.23. The summed E-state index contributed by atoms with van der Waals surface area (Å²) in [6.45, 7) is 0.347. The van der Waals surface area contributed by atoms with Crippen LogP contribution < -0.4 is 9.64 Å². The molecule has 0 radical (unpaired) electrons. The first-order valence-electron chi connectivity index (χ1n) is 13.1. The maximum atomic E-state index is 13.5. The van der Waals surface area contributed by atoms with Crippen molar-refractivity contribution in [3.8, 4) is 5.75 Å². The number of hydrogen-bond acceptors (Lipinski definition) is 9. The Morgan fingerprint density at radius 1 is 0.881 bits per heavy atom. The fourth-order valence-corrected chi connectivity index (χ4v) is 6.43. The minimum atomic E-state index is -0.946. The van der Waals surface area contributed by atoms with Gasteiger partial charge in [-0.25, -0.2) is 0 Å². The van der Waals surface area contributed by atoms with Crippen LogP contribution in [0.3, 0.4) is 0 Å². The number of aromatic nitrogens is 3. The van der Waals surface area contributed by atoms with E-state index in [4.69, 9.17) is 4.74 Å². The van der Waals surface area contributed by atoms with Gasteiger partial charge in [0.05, 0.1) is 11.6 Å². The number of amides is 1. The van der Waals surface area contributed by atoms with Crippen LogP contribution in [0.15, 0.2) is 119 Å². The highest BCUT2D eigenvalue weighted by molar-refractivity contribution is 8.00. The van der Waals surface area contributed by atoms with Crippen molar-refractivity contribution in [2.24, 2.45) is 0 Å². The lowest BCUT2D eigenvalue weighted by Crippen LogP contribution is -2.29. The molecule has 0 spiro atoms. The highest BCUT2D eigenvalue weighted by Crippen LogP contribution is 2.44. The predicted molar refractivity (Wildman–Crippen MR) is 162 cm³/mol. The molecule has 1 amide bonds. The van der Waals surface area contributed by atoms with Crippen LogP contribution in [0.4, 0.5) is 5.13 Å². The summed E-state index contributed by atoms with van der Waals surface area (Å²) in [5, 5.41) is 20.2. The molecule has 3 aromatic carbocycles. The van der Waals surface area contributed by atoms with E-state index in [9.17, 15) is 14.7 Å². The molecule has 8 nitrogen and oxygen atoms in total. The topological polar surface area (TPSA) is 106 Å². The Morgan fingerprint density at radius 3 is 2.33 bits per heavy atom. The molecular weight excluding hydrogens is 569 g/mol. The van der Waals surface area contributed by atoms with Gasteiger partial charge < -0.3 is 9.84 Å². The van der Waals surface area contributed by atoms with E-state index in [0.29, 0.717) is 33.6 Å². The number of carbonyl (C=O) groups excluding carboxylic acids is 2. The number of aliphatic hydroxyl groups is 1. The molecule has 1 aliphatic heterocycles. The maximum Gasteiger partial charge on any atom is 0.301 e. The van der Waals surface area contributed by atoms with Gasteiger partial charge in [0.2, 0.25) is 5.13 Å². The number of anilines is 1. The van der Waals surface area contributed by atoms with Gasteiger partial charge in [-0.2, -0.15) is 0 Å². The molecule has 3 heterocycles. The van der Waals surface area contributed by atoms with Crippen LogP contribution in [-0.2, 0) is 21.9 Å². The van der Waals surface area contributed by atoms with Crippen LogP contribution in [0.1, 0.15) is 28.3 Å². The Kier molecular flexibility index (Phi) is 8.07. The van der Waals surface area contributed by atoms with Crippen LogP contribution in [0, 0.1) is 0 Å². The van der Waals surface area contributed by atoms with Gasteiger partial charge in [0.15, 0.2) is 4.34 Å². The Morgan fingerprint density at radius 2 is 1.60 bits per heavy atom. The lowest BCUT2D eigenvalue weighted by atomic mass is 9.95. The molecule has 1 saturated heterocycles. The number of pyridine rings is 1. The molecule has 6 rings (SSSR count). The number of nitrogens with zero attached hydrogens (tertiary/aromatic N) is 4. The summed E-state index contributed by atoms with van der Waals surface area (Å²) in [6.07, 6.45) is 3.03. The van der Waals surface area contributed by atoms with E-state index in [-0.39, 0.29) is 16.5 Å². The highest BCUT2D eigenvalue weighted by Gasteiger charge is 2.48. The number of ketones is 1. The van der Waals surface area contributed by atoms with Gasteiger partial charge in [0, 0.05) is 23.7 Å². The Labute approximate surface area is 250 Å². The van der Waals surface area contributed by atoms with Crippen molar-refractivity contribution in [2.75, 3.05) is 4.90 Å². The number of hydrogen-bond donors (Lipinski definition) is 1. The van der Waals surface area contributed by atoms with E-state index in [1.54, 1.807) is 30.3 Å². The average Bonchev–Trinajstić information content (AvgIpc) is 3.62. The Hall–Kier alpha value is -4.80. The molecule has 1 atom stereocenters. The van der Waals surface area contributed by atoms with Gasteiger partial charge >= 0.3 is 5.91 Å². The van der Waals surface area contributed by atoms with Gasteiger partial charge in [-0.3, -0.25) is 19.5 Å². The fraction of sp³-hybridized carbons (Fsp3) is 0.0938. The first-order chi connectivity index (χ1) is 20.6. The van der Waals surface area contributed by atoms with Crippen LogP contribution in [-0.4, -0.2) is 32.0 Å². The molecule has 1 N–H and O–H groups in total. The highest BCUT2D eigenvalue weighted by atomic mass is 32.2. The van der Waals surface area contributed by atoms with Crippen molar-refractivity contribution in [2.45, 2.75) is 22.7 Å². The van der Waals surface area contributed by atoms with E-state index in [1.807, 2.05) is 66.7 Å². The summed E-state index contributed by atoms with van der Waals surface area (Å²) in [5.41, 5.74) is 3.05. The van der Waals surface area contributed by atoms with Gasteiger partial charge in [-0.05, 0) is 41.0 Å². The molecule has 0 saturated carbocycles. The van der Waals surface area contributed by atoms with Crippen molar-refractivity contribution in [1.82, 2.24) is 15.2 Å². The largest absolute Gasteiger partial charge is 0.507 e. The lowest BCUT2D eigenvalue weighted by molar-refractivity contribution is -0.132. The summed E-state index contributed by atoms with van der Waals surface area (Å²) < 4.78 is 6.70. The first-order valence-corrected chi connectivity index (χ1v) is 14.9. The second-order valence-corrected chi connectivity index (χ2v) is 11.6. The van der Waals surface area contributed by atoms with Gasteiger partial charge in [0.25, 0.3) is 5.78 Å². The minimum Gasteiger partial charge on any atom is -0.507 e. The SMILES string of the molecule is O=C1C(=O)N(c2nnc(SCc3ccccc3)s2)C(c2cccc(OCc3ccccc3)c2)C1=C(O)c1ccncc1. The number of aliphatic hydroxyl groups excluding tert-OH is 1. The number of carbonyl (C=O) groups is 2. The van der Waals surface area contributed by atoms with E-state index in [0.717, 1.165) is 11.1 Å². The third kappa shape index (κ3) is 5.81. The molecule has 1 aliphatic rings. The van der Waals surface area contributed by atoms with E-state index in [1.165, 1.54) is 40.4 Å². The molecule has 5 aromatic rings. The molecule has 10 heteroatoms. The second-order valence-electron chi connectivity index (χ2n) is 9.38. The quantitative estimate of drug-likeness (QED) is 0.0686. The summed E-state index contributed by atoms with van der Waals surface area (Å²) in [5.74, 6) is -0.648. The minimum absolute atomic E-state index is 0.0416. The maximum absolute atomic E-state index is 13.5. The predicted octanol–water partition coefficient (Wildman–Crippen LogP) is 6.43. The zero-order valence-corrected chi connectivity index (χ0v) is 23.8. The van der Waals surface area contributed by atoms with Crippen molar-refractivity contribution in [3.05, 3.63) is 137 Å². The third-order valence-electron chi connectivity index (χ3n) is 6.63. The molecule has 208 valence electrons. The zero-order chi connectivity index (χ0) is 28.9. The van der Waals surface area contributed by atoms with E-state index >= 15 is 0 Å². The zero-order valence-electron chi connectivity index (χ0n) is 22.2. The van der Waals surface area contributed by atoms with Crippen LogP contribution in [0.25, 0.3) is 5.76 Å². The Bertz CT molecular complexity index is 1740. The number of ether oxygens (including phenoxy) is 1. The van der Waals surface area contributed by atoms with Crippen LogP contribution in [0.5, 0.6) is 5.75 Å². The van der Waals surface area contributed by atoms with Crippen molar-refractivity contribution >= 4 is 45.7 Å². The number of rotatable bonds is 9. The average molecular weight is 593 g/mol.